The Morgan fingerprint density at radius 1 is 1.00 bits per heavy atom. The van der Waals surface area contributed by atoms with Gasteiger partial charge in [-0.05, 0) is 50.1 Å². The molecule has 1 fully saturated rings. The summed E-state index contributed by atoms with van der Waals surface area (Å²) in [5.41, 5.74) is 2.82. The largest absolute Gasteiger partial charge is 0.312 e. The Balaban J connectivity index is 1.79. The maximum Gasteiger partial charge on any atom is 0.0234 e. The summed E-state index contributed by atoms with van der Waals surface area (Å²) in [4.78, 5) is 5.01. The standard InChI is InChI=1S/C18H31N3/c1-16(2)13-19-14-17-5-7-18(8-6-17)15-21-10-4-9-20(3)11-12-21/h5-8,16,19H,4,9-15H2,1-3H3. The van der Waals surface area contributed by atoms with Crippen molar-refractivity contribution < 1.29 is 0 Å². The van der Waals surface area contributed by atoms with E-state index in [9.17, 15) is 0 Å². The lowest BCUT2D eigenvalue weighted by molar-refractivity contribution is 0.269. The van der Waals surface area contributed by atoms with Gasteiger partial charge in [0.2, 0.25) is 0 Å². The van der Waals surface area contributed by atoms with Gasteiger partial charge in [0, 0.05) is 26.2 Å². The van der Waals surface area contributed by atoms with E-state index in [1.807, 2.05) is 0 Å². The monoisotopic (exact) mass is 289 g/mol. The highest BCUT2D eigenvalue weighted by Crippen LogP contribution is 2.10. The second kappa shape index (κ2) is 8.52. The van der Waals surface area contributed by atoms with Crippen molar-refractivity contribution in [2.24, 2.45) is 5.92 Å². The summed E-state index contributed by atoms with van der Waals surface area (Å²) < 4.78 is 0. The Kier molecular flexibility index (Phi) is 6.68. The van der Waals surface area contributed by atoms with Crippen LogP contribution >= 0.6 is 0 Å². The predicted molar refractivity (Wildman–Crippen MR) is 90.4 cm³/mol. The molecule has 1 N–H and O–H groups in total. The van der Waals surface area contributed by atoms with Gasteiger partial charge in [-0.1, -0.05) is 38.1 Å². The number of nitrogens with zero attached hydrogens (tertiary/aromatic N) is 2. The number of hydrogen-bond acceptors (Lipinski definition) is 3. The minimum atomic E-state index is 0.713. The zero-order valence-corrected chi connectivity index (χ0v) is 13.9. The summed E-state index contributed by atoms with van der Waals surface area (Å²) in [6.45, 7) is 12.5. The molecule has 0 aromatic heterocycles. The Labute approximate surface area is 130 Å². The zero-order chi connectivity index (χ0) is 15.1. The fourth-order valence-electron chi connectivity index (χ4n) is 2.78. The van der Waals surface area contributed by atoms with Crippen LogP contribution in [0.4, 0.5) is 0 Å². The van der Waals surface area contributed by atoms with Gasteiger partial charge in [0.05, 0.1) is 0 Å². The topological polar surface area (TPSA) is 18.5 Å². The molecular formula is C18H31N3. The minimum absolute atomic E-state index is 0.713. The normalized spacial score (nSPS) is 18.1. The molecule has 1 aliphatic rings. The lowest BCUT2D eigenvalue weighted by Crippen LogP contribution is -2.28. The SMILES string of the molecule is CC(C)CNCc1ccc(CN2CCCN(C)CC2)cc1. The molecule has 1 aliphatic heterocycles. The van der Waals surface area contributed by atoms with Crippen molar-refractivity contribution in [3.63, 3.8) is 0 Å². The first-order chi connectivity index (χ1) is 10.1. The van der Waals surface area contributed by atoms with Gasteiger partial charge in [-0.25, -0.2) is 0 Å². The smallest absolute Gasteiger partial charge is 0.0234 e. The van der Waals surface area contributed by atoms with E-state index in [0.29, 0.717) is 5.92 Å². The van der Waals surface area contributed by atoms with E-state index in [0.717, 1.165) is 19.6 Å². The average Bonchev–Trinajstić information content (AvgIpc) is 2.65. The van der Waals surface area contributed by atoms with Crippen molar-refractivity contribution in [1.82, 2.24) is 15.1 Å². The average molecular weight is 289 g/mol. The van der Waals surface area contributed by atoms with Crippen LogP contribution in [-0.2, 0) is 13.1 Å². The molecule has 0 unspecified atom stereocenters. The molecule has 0 radical (unpaired) electrons. The van der Waals surface area contributed by atoms with Gasteiger partial charge >= 0.3 is 0 Å². The van der Waals surface area contributed by atoms with Crippen molar-refractivity contribution in [3.05, 3.63) is 35.4 Å². The van der Waals surface area contributed by atoms with Crippen molar-refractivity contribution >= 4 is 0 Å². The van der Waals surface area contributed by atoms with Gasteiger partial charge in [-0.3, -0.25) is 4.90 Å². The van der Waals surface area contributed by atoms with E-state index >= 15 is 0 Å². The molecule has 2 rings (SSSR count). The van der Waals surface area contributed by atoms with E-state index in [1.165, 1.54) is 43.7 Å². The van der Waals surface area contributed by atoms with Crippen molar-refractivity contribution in [2.45, 2.75) is 33.4 Å². The number of rotatable bonds is 6. The van der Waals surface area contributed by atoms with Crippen molar-refractivity contribution in [2.75, 3.05) is 39.8 Å². The first kappa shape index (κ1) is 16.5. The second-order valence-electron chi connectivity index (χ2n) is 6.77. The molecule has 1 aromatic rings. The Morgan fingerprint density at radius 3 is 2.43 bits per heavy atom. The van der Waals surface area contributed by atoms with Crippen LogP contribution in [-0.4, -0.2) is 49.6 Å². The maximum atomic E-state index is 3.50. The van der Waals surface area contributed by atoms with Crippen LogP contribution in [0, 0.1) is 5.92 Å². The Bertz CT molecular complexity index is 399. The van der Waals surface area contributed by atoms with Gasteiger partial charge in [-0.15, -0.1) is 0 Å². The van der Waals surface area contributed by atoms with Crippen molar-refractivity contribution in [1.29, 1.82) is 0 Å². The summed E-state index contributed by atoms with van der Waals surface area (Å²) in [7, 11) is 2.22. The number of nitrogens with one attached hydrogen (secondary N) is 1. The molecule has 0 saturated carbocycles. The number of hydrogen-bond donors (Lipinski definition) is 1. The maximum absolute atomic E-state index is 3.50. The fourth-order valence-corrected chi connectivity index (χ4v) is 2.78. The zero-order valence-electron chi connectivity index (χ0n) is 13.9. The van der Waals surface area contributed by atoms with Gasteiger partial charge in [0.15, 0.2) is 0 Å². The molecule has 0 bridgehead atoms. The summed E-state index contributed by atoms with van der Waals surface area (Å²) in [6.07, 6.45) is 1.29. The van der Waals surface area contributed by atoms with Crippen molar-refractivity contribution in [3.8, 4) is 0 Å². The fraction of sp³-hybridized carbons (Fsp3) is 0.667. The van der Waals surface area contributed by atoms with Gasteiger partial charge in [-0.2, -0.15) is 0 Å². The van der Waals surface area contributed by atoms with E-state index in [2.05, 4.69) is 60.3 Å². The highest BCUT2D eigenvalue weighted by Gasteiger charge is 2.12. The van der Waals surface area contributed by atoms with Gasteiger partial charge in [0.25, 0.3) is 0 Å². The third-order valence-electron chi connectivity index (χ3n) is 4.12. The Hall–Kier alpha value is -0.900. The second-order valence-corrected chi connectivity index (χ2v) is 6.77. The number of likely N-dealkylation sites (N-methyl/N-ethyl adjacent to an activating group) is 1. The molecule has 1 aromatic carbocycles. The highest BCUT2D eigenvalue weighted by molar-refractivity contribution is 5.22. The van der Waals surface area contributed by atoms with Crippen LogP contribution in [0.1, 0.15) is 31.4 Å². The molecule has 1 saturated heterocycles. The predicted octanol–water partition coefficient (Wildman–Crippen LogP) is 2.57. The van der Waals surface area contributed by atoms with Gasteiger partial charge in [0.1, 0.15) is 0 Å². The molecular weight excluding hydrogens is 258 g/mol. The molecule has 0 aliphatic carbocycles. The van der Waals surface area contributed by atoms with E-state index < -0.39 is 0 Å². The molecule has 3 nitrogen and oxygen atoms in total. The molecule has 118 valence electrons. The molecule has 21 heavy (non-hydrogen) atoms. The van der Waals surface area contributed by atoms with Crippen LogP contribution in [0.15, 0.2) is 24.3 Å². The number of benzene rings is 1. The van der Waals surface area contributed by atoms with Crippen LogP contribution in [0.3, 0.4) is 0 Å². The third-order valence-corrected chi connectivity index (χ3v) is 4.12. The Morgan fingerprint density at radius 2 is 1.71 bits per heavy atom. The van der Waals surface area contributed by atoms with E-state index in [4.69, 9.17) is 0 Å². The summed E-state index contributed by atoms with van der Waals surface area (Å²) in [5, 5.41) is 3.50. The quantitative estimate of drug-likeness (QED) is 0.868. The summed E-state index contributed by atoms with van der Waals surface area (Å²) in [5.74, 6) is 0.713. The highest BCUT2D eigenvalue weighted by atomic mass is 15.2. The summed E-state index contributed by atoms with van der Waals surface area (Å²) >= 11 is 0. The first-order valence-electron chi connectivity index (χ1n) is 8.33. The molecule has 0 atom stereocenters. The molecule has 0 spiro atoms. The van der Waals surface area contributed by atoms with Crippen LogP contribution in [0.5, 0.6) is 0 Å². The van der Waals surface area contributed by atoms with E-state index in [1.54, 1.807) is 0 Å². The van der Waals surface area contributed by atoms with Crippen LogP contribution in [0.25, 0.3) is 0 Å². The lowest BCUT2D eigenvalue weighted by Gasteiger charge is -2.20. The van der Waals surface area contributed by atoms with E-state index in [-0.39, 0.29) is 0 Å². The lowest BCUT2D eigenvalue weighted by atomic mass is 10.1. The summed E-state index contributed by atoms with van der Waals surface area (Å²) in [6, 6.07) is 9.13. The van der Waals surface area contributed by atoms with Crippen LogP contribution in [0.2, 0.25) is 0 Å². The third kappa shape index (κ3) is 6.16. The molecule has 0 amide bonds. The van der Waals surface area contributed by atoms with Gasteiger partial charge < -0.3 is 10.2 Å². The molecule has 3 heteroatoms. The first-order valence-corrected chi connectivity index (χ1v) is 8.33. The van der Waals surface area contributed by atoms with Crippen LogP contribution < -0.4 is 5.32 Å². The minimum Gasteiger partial charge on any atom is -0.312 e. The molecule has 1 heterocycles.